The van der Waals surface area contributed by atoms with Crippen LogP contribution >= 0.6 is 11.6 Å². The SMILES string of the molecule is COc1cccc(Oc2ncc(-c3[nH]c(-c4c(F)cccc4Cl)nc3N)cn2)c1. The third-order valence-corrected chi connectivity index (χ3v) is 4.41. The number of nitrogen functional groups attached to an aromatic ring is 1. The Morgan fingerprint density at radius 1 is 1.07 bits per heavy atom. The summed E-state index contributed by atoms with van der Waals surface area (Å²) < 4.78 is 24.9. The summed E-state index contributed by atoms with van der Waals surface area (Å²) in [6.07, 6.45) is 3.05. The van der Waals surface area contributed by atoms with Crippen molar-refractivity contribution < 1.29 is 13.9 Å². The van der Waals surface area contributed by atoms with Gasteiger partial charge in [-0.05, 0) is 24.3 Å². The van der Waals surface area contributed by atoms with Crippen LogP contribution in [0, 0.1) is 5.82 Å². The number of nitrogens with zero attached hydrogens (tertiary/aromatic N) is 3. The van der Waals surface area contributed by atoms with Gasteiger partial charge in [0.05, 0.1) is 23.4 Å². The van der Waals surface area contributed by atoms with Crippen molar-refractivity contribution in [3.05, 3.63) is 65.7 Å². The second kappa shape index (κ2) is 7.76. The number of H-pyrrole nitrogens is 1. The number of nitrogens with one attached hydrogen (secondary N) is 1. The van der Waals surface area contributed by atoms with Crippen LogP contribution in [0.5, 0.6) is 17.5 Å². The Balaban J connectivity index is 1.60. The minimum atomic E-state index is -0.504. The molecule has 29 heavy (non-hydrogen) atoms. The van der Waals surface area contributed by atoms with Crippen LogP contribution in [-0.4, -0.2) is 27.0 Å². The Labute approximate surface area is 170 Å². The number of aromatic amines is 1. The minimum absolute atomic E-state index is 0.144. The van der Waals surface area contributed by atoms with E-state index in [2.05, 4.69) is 19.9 Å². The zero-order valence-electron chi connectivity index (χ0n) is 15.2. The highest BCUT2D eigenvalue weighted by molar-refractivity contribution is 6.33. The first-order chi connectivity index (χ1) is 14.0. The second-order valence-corrected chi connectivity index (χ2v) is 6.38. The average Bonchev–Trinajstić information content (AvgIpc) is 3.10. The van der Waals surface area contributed by atoms with Gasteiger partial charge in [-0.3, -0.25) is 0 Å². The topological polar surface area (TPSA) is 98.9 Å². The standard InChI is InChI=1S/C20H15ClFN5O2/c1-28-12-4-2-5-13(8-12)29-20-24-9-11(10-25-20)17-18(23)27-19(26-17)16-14(21)6-3-7-15(16)22/h2-10H,23H2,1H3,(H,26,27). The molecule has 0 unspecified atom stereocenters. The van der Waals surface area contributed by atoms with Gasteiger partial charge >= 0.3 is 6.01 Å². The summed E-state index contributed by atoms with van der Waals surface area (Å²) in [7, 11) is 1.57. The van der Waals surface area contributed by atoms with Crippen LogP contribution in [0.3, 0.4) is 0 Å². The molecule has 4 aromatic rings. The van der Waals surface area contributed by atoms with Crippen molar-refractivity contribution in [1.29, 1.82) is 0 Å². The van der Waals surface area contributed by atoms with Crippen LogP contribution in [0.2, 0.25) is 5.02 Å². The van der Waals surface area contributed by atoms with Crippen molar-refractivity contribution in [2.24, 2.45) is 0 Å². The predicted molar refractivity (Wildman–Crippen MR) is 107 cm³/mol. The van der Waals surface area contributed by atoms with Crippen LogP contribution in [0.1, 0.15) is 0 Å². The first kappa shape index (κ1) is 18.7. The summed E-state index contributed by atoms with van der Waals surface area (Å²) in [6, 6.07) is 11.6. The smallest absolute Gasteiger partial charge is 0.321 e. The first-order valence-electron chi connectivity index (χ1n) is 8.49. The fourth-order valence-electron chi connectivity index (χ4n) is 2.72. The molecular formula is C20H15ClFN5O2. The zero-order valence-corrected chi connectivity index (χ0v) is 15.9. The number of rotatable bonds is 5. The molecule has 2 aromatic heterocycles. The molecule has 0 amide bonds. The lowest BCUT2D eigenvalue weighted by Crippen LogP contribution is -1.94. The lowest BCUT2D eigenvalue weighted by atomic mass is 10.2. The largest absolute Gasteiger partial charge is 0.497 e. The van der Waals surface area contributed by atoms with Gasteiger partial charge in [-0.1, -0.05) is 23.7 Å². The summed E-state index contributed by atoms with van der Waals surface area (Å²) >= 11 is 6.10. The summed E-state index contributed by atoms with van der Waals surface area (Å²) in [4.78, 5) is 15.5. The van der Waals surface area contributed by atoms with Crippen molar-refractivity contribution in [1.82, 2.24) is 19.9 Å². The van der Waals surface area contributed by atoms with Gasteiger partial charge in [-0.15, -0.1) is 0 Å². The number of anilines is 1. The minimum Gasteiger partial charge on any atom is -0.497 e. The maximum atomic E-state index is 14.2. The van der Waals surface area contributed by atoms with E-state index in [1.165, 1.54) is 24.5 Å². The molecule has 2 aromatic carbocycles. The third-order valence-electron chi connectivity index (χ3n) is 4.10. The van der Waals surface area contributed by atoms with E-state index in [-0.39, 0.29) is 28.2 Å². The van der Waals surface area contributed by atoms with Gasteiger partial charge in [0.1, 0.15) is 29.0 Å². The molecule has 146 valence electrons. The van der Waals surface area contributed by atoms with Crippen molar-refractivity contribution in [2.75, 3.05) is 12.8 Å². The normalized spacial score (nSPS) is 10.7. The Bertz CT molecular complexity index is 1140. The zero-order chi connectivity index (χ0) is 20.4. The molecule has 2 heterocycles. The van der Waals surface area contributed by atoms with Crippen LogP contribution < -0.4 is 15.2 Å². The monoisotopic (exact) mass is 411 g/mol. The van der Waals surface area contributed by atoms with Crippen molar-refractivity contribution in [3.8, 4) is 40.2 Å². The Morgan fingerprint density at radius 3 is 2.52 bits per heavy atom. The van der Waals surface area contributed by atoms with Gasteiger partial charge < -0.3 is 20.2 Å². The summed E-state index contributed by atoms with van der Waals surface area (Å²) in [5.74, 6) is 1.08. The number of ether oxygens (including phenoxy) is 2. The molecule has 9 heteroatoms. The molecular weight excluding hydrogens is 397 g/mol. The molecule has 3 N–H and O–H groups in total. The van der Waals surface area contributed by atoms with E-state index in [1.54, 1.807) is 37.4 Å². The van der Waals surface area contributed by atoms with Crippen LogP contribution in [0.25, 0.3) is 22.6 Å². The maximum Gasteiger partial charge on any atom is 0.321 e. The van der Waals surface area contributed by atoms with Crippen molar-refractivity contribution >= 4 is 17.4 Å². The van der Waals surface area contributed by atoms with Gasteiger partial charge in [0, 0.05) is 24.0 Å². The number of imidazole rings is 1. The predicted octanol–water partition coefficient (Wildman–Crippen LogP) is 4.71. The molecule has 0 saturated carbocycles. The van der Waals surface area contributed by atoms with Crippen LogP contribution in [-0.2, 0) is 0 Å². The van der Waals surface area contributed by atoms with Gasteiger partial charge in [-0.25, -0.2) is 19.3 Å². The molecule has 0 spiro atoms. The number of hydrogen-bond donors (Lipinski definition) is 2. The number of aromatic nitrogens is 4. The Kier molecular flexibility index (Phi) is 5.01. The molecule has 0 aliphatic rings. The fourth-order valence-corrected chi connectivity index (χ4v) is 2.97. The Hall–Kier alpha value is -3.65. The van der Waals surface area contributed by atoms with E-state index >= 15 is 0 Å². The highest BCUT2D eigenvalue weighted by Gasteiger charge is 2.17. The van der Waals surface area contributed by atoms with Crippen molar-refractivity contribution in [2.45, 2.75) is 0 Å². The first-order valence-corrected chi connectivity index (χ1v) is 8.87. The quantitative estimate of drug-likeness (QED) is 0.493. The molecule has 0 saturated heterocycles. The van der Waals surface area contributed by atoms with Gasteiger partial charge in [0.15, 0.2) is 0 Å². The van der Waals surface area contributed by atoms with E-state index in [4.69, 9.17) is 26.8 Å². The molecule has 0 atom stereocenters. The van der Waals surface area contributed by atoms with Gasteiger partial charge in [0.2, 0.25) is 0 Å². The number of benzene rings is 2. The number of halogens is 2. The van der Waals surface area contributed by atoms with E-state index in [0.29, 0.717) is 22.8 Å². The van der Waals surface area contributed by atoms with Gasteiger partial charge in [-0.2, -0.15) is 0 Å². The highest BCUT2D eigenvalue weighted by Crippen LogP contribution is 2.33. The van der Waals surface area contributed by atoms with Crippen LogP contribution in [0.4, 0.5) is 10.2 Å². The highest BCUT2D eigenvalue weighted by atomic mass is 35.5. The molecule has 4 rings (SSSR count). The Morgan fingerprint density at radius 2 is 1.79 bits per heavy atom. The summed E-state index contributed by atoms with van der Waals surface area (Å²) in [5.41, 5.74) is 7.15. The van der Waals surface area contributed by atoms with Crippen LogP contribution in [0.15, 0.2) is 54.9 Å². The molecule has 0 bridgehead atoms. The molecule has 0 aliphatic heterocycles. The molecule has 0 radical (unpaired) electrons. The van der Waals surface area contributed by atoms with E-state index in [1.807, 2.05) is 0 Å². The molecule has 0 fully saturated rings. The van der Waals surface area contributed by atoms with Crippen molar-refractivity contribution in [3.63, 3.8) is 0 Å². The molecule has 7 nitrogen and oxygen atoms in total. The second-order valence-electron chi connectivity index (χ2n) is 5.98. The molecule has 0 aliphatic carbocycles. The van der Waals surface area contributed by atoms with Gasteiger partial charge in [0.25, 0.3) is 0 Å². The summed E-state index contributed by atoms with van der Waals surface area (Å²) in [6.45, 7) is 0. The fraction of sp³-hybridized carbons (Fsp3) is 0.0500. The maximum absolute atomic E-state index is 14.2. The van der Waals surface area contributed by atoms with E-state index < -0.39 is 5.82 Å². The third kappa shape index (κ3) is 3.83. The summed E-state index contributed by atoms with van der Waals surface area (Å²) in [5, 5.41) is 0.226. The lowest BCUT2D eigenvalue weighted by molar-refractivity contribution is 0.404. The van der Waals surface area contributed by atoms with E-state index in [0.717, 1.165) is 0 Å². The number of methoxy groups -OCH3 is 1. The van der Waals surface area contributed by atoms with E-state index in [9.17, 15) is 4.39 Å². The average molecular weight is 412 g/mol. The number of nitrogens with two attached hydrogens (primary N) is 1. The number of hydrogen-bond acceptors (Lipinski definition) is 6. The lowest BCUT2D eigenvalue weighted by Gasteiger charge is -2.06.